The highest BCUT2D eigenvalue weighted by Gasteiger charge is 2.17. The normalized spacial score (nSPS) is 11.6. The van der Waals surface area contributed by atoms with Crippen LogP contribution in [0.25, 0.3) is 56.2 Å². The minimum absolute atomic E-state index is 1.11. The van der Waals surface area contributed by atoms with Crippen LogP contribution in [0.5, 0.6) is 0 Å². The average molecular weight is 656 g/mol. The molecule has 0 aliphatic heterocycles. The standard InChI is InChI=1S/C48H37N3/c1-34-35(2)49(38-14-6-3-7-15-38)47-30-26-37(32-44(34)47)23-22-36-24-27-41(28-25-36)50(39-16-8-4-9-17-39)42-29-31-48-45(33-42)43-20-12-13-21-46(43)51(48)40-18-10-5-11-19-40/h3-33H,1-2H3. The Labute approximate surface area is 298 Å². The zero-order valence-corrected chi connectivity index (χ0v) is 28.7. The van der Waals surface area contributed by atoms with Gasteiger partial charge in [-0.3, -0.25) is 0 Å². The van der Waals surface area contributed by atoms with Crippen molar-refractivity contribution in [1.82, 2.24) is 9.13 Å². The van der Waals surface area contributed by atoms with Gasteiger partial charge in [0, 0.05) is 50.3 Å². The van der Waals surface area contributed by atoms with E-state index in [4.69, 9.17) is 0 Å². The van der Waals surface area contributed by atoms with Crippen molar-refractivity contribution in [1.29, 1.82) is 0 Å². The van der Waals surface area contributed by atoms with E-state index in [1.54, 1.807) is 0 Å². The maximum Gasteiger partial charge on any atom is 0.0542 e. The van der Waals surface area contributed by atoms with Crippen LogP contribution >= 0.6 is 0 Å². The van der Waals surface area contributed by atoms with E-state index >= 15 is 0 Å². The topological polar surface area (TPSA) is 13.1 Å². The molecule has 3 nitrogen and oxygen atoms in total. The maximum atomic E-state index is 2.36. The van der Waals surface area contributed by atoms with Crippen molar-refractivity contribution < 1.29 is 0 Å². The lowest BCUT2D eigenvalue weighted by atomic mass is 10.1. The average Bonchev–Trinajstić information content (AvgIpc) is 3.65. The van der Waals surface area contributed by atoms with Crippen molar-refractivity contribution in [2.45, 2.75) is 13.8 Å². The number of benzene rings is 7. The SMILES string of the molecule is Cc1c(C)n(-c2ccccc2)c2ccc(C=Cc3ccc(N(c4ccccc4)c4ccc5c(c4)c4ccccc4n5-c4ccccc4)cc3)cc12. The molecule has 0 N–H and O–H groups in total. The lowest BCUT2D eigenvalue weighted by Crippen LogP contribution is -2.09. The number of hydrogen-bond acceptors (Lipinski definition) is 1. The first kappa shape index (κ1) is 30.5. The summed E-state index contributed by atoms with van der Waals surface area (Å²) >= 11 is 0. The molecule has 9 rings (SSSR count). The molecule has 0 radical (unpaired) electrons. The van der Waals surface area contributed by atoms with Gasteiger partial charge in [0.05, 0.1) is 16.6 Å². The number of nitrogens with zero attached hydrogens (tertiary/aromatic N) is 3. The van der Waals surface area contributed by atoms with Gasteiger partial charge in [-0.1, -0.05) is 103 Å². The van der Waals surface area contributed by atoms with Crippen molar-refractivity contribution in [2.24, 2.45) is 0 Å². The number of aryl methyl sites for hydroxylation is 1. The molecule has 9 aromatic rings. The van der Waals surface area contributed by atoms with Crippen LogP contribution in [0.2, 0.25) is 0 Å². The van der Waals surface area contributed by atoms with Crippen molar-refractivity contribution in [3.05, 3.63) is 198 Å². The van der Waals surface area contributed by atoms with Crippen LogP contribution in [0.3, 0.4) is 0 Å². The van der Waals surface area contributed by atoms with E-state index in [0.717, 1.165) is 28.3 Å². The van der Waals surface area contributed by atoms with Crippen LogP contribution in [0.15, 0.2) is 176 Å². The van der Waals surface area contributed by atoms with Gasteiger partial charge in [-0.2, -0.15) is 0 Å². The van der Waals surface area contributed by atoms with Gasteiger partial charge in [0.25, 0.3) is 0 Å². The Morgan fingerprint density at radius 3 is 1.63 bits per heavy atom. The number of anilines is 3. The molecular weight excluding hydrogens is 619 g/mol. The number of fused-ring (bicyclic) bond motifs is 4. The Bertz CT molecular complexity index is 2680. The number of rotatable bonds is 7. The molecule has 0 atom stereocenters. The zero-order chi connectivity index (χ0) is 34.3. The Balaban J connectivity index is 1.07. The smallest absolute Gasteiger partial charge is 0.0542 e. The van der Waals surface area contributed by atoms with Crippen LogP contribution in [0.4, 0.5) is 17.1 Å². The van der Waals surface area contributed by atoms with E-state index in [0.29, 0.717) is 0 Å². The number of hydrogen-bond donors (Lipinski definition) is 0. The molecule has 0 aliphatic carbocycles. The largest absolute Gasteiger partial charge is 0.314 e. The Morgan fingerprint density at radius 1 is 0.392 bits per heavy atom. The Hall–Kier alpha value is -6.58. The van der Waals surface area contributed by atoms with Gasteiger partial charge in [-0.15, -0.1) is 0 Å². The fraction of sp³-hybridized carbons (Fsp3) is 0.0417. The molecule has 3 heteroatoms. The fourth-order valence-electron chi connectivity index (χ4n) is 7.51. The fourth-order valence-corrected chi connectivity index (χ4v) is 7.51. The summed E-state index contributed by atoms with van der Waals surface area (Å²) in [7, 11) is 0. The van der Waals surface area contributed by atoms with E-state index in [-0.39, 0.29) is 0 Å². The Kier molecular flexibility index (Phi) is 7.59. The minimum Gasteiger partial charge on any atom is -0.314 e. The van der Waals surface area contributed by atoms with E-state index in [1.807, 2.05) is 0 Å². The maximum absolute atomic E-state index is 2.36. The first-order valence-electron chi connectivity index (χ1n) is 17.5. The molecule has 0 fully saturated rings. The van der Waals surface area contributed by atoms with Crippen LogP contribution in [-0.2, 0) is 0 Å². The molecule has 0 saturated heterocycles. The quantitative estimate of drug-likeness (QED) is 0.156. The third-order valence-corrected chi connectivity index (χ3v) is 10.1. The third-order valence-electron chi connectivity index (χ3n) is 10.1. The predicted octanol–water partition coefficient (Wildman–Crippen LogP) is 13.0. The second-order valence-corrected chi connectivity index (χ2v) is 13.1. The zero-order valence-electron chi connectivity index (χ0n) is 28.7. The van der Waals surface area contributed by atoms with Crippen molar-refractivity contribution in [3.63, 3.8) is 0 Å². The predicted molar refractivity (Wildman–Crippen MR) is 217 cm³/mol. The lowest BCUT2D eigenvalue weighted by molar-refractivity contribution is 1.04. The monoisotopic (exact) mass is 655 g/mol. The summed E-state index contributed by atoms with van der Waals surface area (Å²) in [6.45, 7) is 4.43. The van der Waals surface area contributed by atoms with Crippen molar-refractivity contribution in [3.8, 4) is 11.4 Å². The van der Waals surface area contributed by atoms with E-state index in [2.05, 4.69) is 216 Å². The highest BCUT2D eigenvalue weighted by molar-refractivity contribution is 6.10. The minimum atomic E-state index is 1.11. The van der Waals surface area contributed by atoms with E-state index < -0.39 is 0 Å². The molecule has 2 aromatic heterocycles. The first-order chi connectivity index (χ1) is 25.1. The van der Waals surface area contributed by atoms with Gasteiger partial charge in [-0.05, 0) is 115 Å². The van der Waals surface area contributed by atoms with Crippen LogP contribution in [-0.4, -0.2) is 9.13 Å². The second kappa shape index (κ2) is 12.7. The molecule has 244 valence electrons. The molecule has 51 heavy (non-hydrogen) atoms. The van der Waals surface area contributed by atoms with Gasteiger partial charge < -0.3 is 14.0 Å². The molecule has 7 aromatic carbocycles. The molecule has 0 spiro atoms. The summed E-state index contributed by atoms with van der Waals surface area (Å²) in [4.78, 5) is 2.35. The summed E-state index contributed by atoms with van der Waals surface area (Å²) in [5.74, 6) is 0. The highest BCUT2D eigenvalue weighted by atomic mass is 15.1. The van der Waals surface area contributed by atoms with Gasteiger partial charge in [-0.25, -0.2) is 0 Å². The van der Waals surface area contributed by atoms with E-state index in [1.165, 1.54) is 55.2 Å². The summed E-state index contributed by atoms with van der Waals surface area (Å²) in [5.41, 5.74) is 14.3. The summed E-state index contributed by atoms with van der Waals surface area (Å²) in [5, 5.41) is 3.76. The number of para-hydroxylation sites is 4. The molecule has 0 unspecified atom stereocenters. The van der Waals surface area contributed by atoms with Gasteiger partial charge in [0.1, 0.15) is 0 Å². The first-order valence-corrected chi connectivity index (χ1v) is 17.5. The number of aromatic nitrogens is 2. The molecular formula is C48H37N3. The lowest BCUT2D eigenvalue weighted by Gasteiger charge is -2.25. The van der Waals surface area contributed by atoms with Gasteiger partial charge >= 0.3 is 0 Å². The van der Waals surface area contributed by atoms with Crippen LogP contribution in [0.1, 0.15) is 22.4 Å². The molecule has 0 amide bonds. The summed E-state index contributed by atoms with van der Waals surface area (Å²) in [6.07, 6.45) is 4.42. The van der Waals surface area contributed by atoms with Crippen LogP contribution < -0.4 is 4.90 Å². The van der Waals surface area contributed by atoms with Crippen molar-refractivity contribution in [2.75, 3.05) is 4.90 Å². The van der Waals surface area contributed by atoms with E-state index in [9.17, 15) is 0 Å². The molecule has 0 bridgehead atoms. The molecule has 0 aliphatic rings. The molecule has 0 saturated carbocycles. The Morgan fingerprint density at radius 2 is 0.902 bits per heavy atom. The summed E-state index contributed by atoms with van der Waals surface area (Å²) < 4.78 is 4.72. The summed E-state index contributed by atoms with van der Waals surface area (Å²) in [6, 6.07) is 63.0. The van der Waals surface area contributed by atoms with Crippen LogP contribution in [0, 0.1) is 13.8 Å². The van der Waals surface area contributed by atoms with Gasteiger partial charge in [0.2, 0.25) is 0 Å². The molecule has 2 heterocycles. The second-order valence-electron chi connectivity index (χ2n) is 13.1. The van der Waals surface area contributed by atoms with Crippen molar-refractivity contribution >= 4 is 61.9 Å². The highest BCUT2D eigenvalue weighted by Crippen LogP contribution is 2.40. The third kappa shape index (κ3) is 5.40. The van der Waals surface area contributed by atoms with Gasteiger partial charge in [0.15, 0.2) is 0 Å².